The fourth-order valence-corrected chi connectivity index (χ4v) is 2.77. The van der Waals surface area contributed by atoms with E-state index in [4.69, 9.17) is 4.74 Å². The largest absolute Gasteiger partial charge is 0.489 e. The molecule has 0 atom stereocenters. The summed E-state index contributed by atoms with van der Waals surface area (Å²) in [6.07, 6.45) is 0. The van der Waals surface area contributed by atoms with Crippen molar-refractivity contribution in [2.24, 2.45) is 0 Å². The molecule has 0 radical (unpaired) electrons. The van der Waals surface area contributed by atoms with Gasteiger partial charge in [0.25, 0.3) is 5.91 Å². The van der Waals surface area contributed by atoms with Crippen LogP contribution >= 0.6 is 0 Å². The molecule has 1 amide bonds. The monoisotopic (exact) mass is 379 g/mol. The van der Waals surface area contributed by atoms with Gasteiger partial charge in [-0.25, -0.2) is 8.78 Å². The second kappa shape index (κ2) is 7.48. The molecule has 4 rings (SSSR count). The van der Waals surface area contributed by atoms with Crippen LogP contribution in [0.2, 0.25) is 0 Å². The number of hydrogen-bond donors (Lipinski definition) is 2. The Morgan fingerprint density at radius 3 is 2.50 bits per heavy atom. The number of ether oxygens (including phenoxy) is 1. The van der Waals surface area contributed by atoms with Crippen LogP contribution in [-0.2, 0) is 6.61 Å². The van der Waals surface area contributed by atoms with Gasteiger partial charge < -0.3 is 10.1 Å². The number of halogens is 2. The average Bonchev–Trinajstić information content (AvgIpc) is 3.10. The van der Waals surface area contributed by atoms with Gasteiger partial charge in [-0.2, -0.15) is 5.10 Å². The second-order valence-electron chi connectivity index (χ2n) is 6.09. The summed E-state index contributed by atoms with van der Waals surface area (Å²) in [4.78, 5) is 12.3. The molecule has 0 aliphatic heterocycles. The summed E-state index contributed by atoms with van der Waals surface area (Å²) in [5.74, 6) is -0.896. The molecular weight excluding hydrogens is 364 g/mol. The molecule has 28 heavy (non-hydrogen) atoms. The molecule has 0 bridgehead atoms. The van der Waals surface area contributed by atoms with Crippen LogP contribution < -0.4 is 10.1 Å². The summed E-state index contributed by atoms with van der Waals surface area (Å²) in [6, 6.07) is 17.4. The van der Waals surface area contributed by atoms with Crippen LogP contribution in [0.1, 0.15) is 15.9 Å². The van der Waals surface area contributed by atoms with Crippen molar-refractivity contribution in [1.82, 2.24) is 10.2 Å². The minimum absolute atomic E-state index is 0.146. The summed E-state index contributed by atoms with van der Waals surface area (Å²) < 4.78 is 33.0. The van der Waals surface area contributed by atoms with Crippen molar-refractivity contribution < 1.29 is 18.3 Å². The maximum absolute atomic E-state index is 13.7. The summed E-state index contributed by atoms with van der Waals surface area (Å²) in [5.41, 5.74) is 1.04. The quantitative estimate of drug-likeness (QED) is 0.529. The molecule has 0 unspecified atom stereocenters. The molecule has 140 valence electrons. The van der Waals surface area contributed by atoms with Crippen molar-refractivity contribution in [2.75, 3.05) is 5.32 Å². The fourth-order valence-electron chi connectivity index (χ4n) is 2.77. The maximum atomic E-state index is 13.7. The van der Waals surface area contributed by atoms with Crippen LogP contribution in [0.3, 0.4) is 0 Å². The molecule has 2 N–H and O–H groups in total. The van der Waals surface area contributed by atoms with E-state index in [1.807, 2.05) is 6.07 Å². The number of fused-ring (bicyclic) bond motifs is 1. The Hall–Kier alpha value is -3.74. The zero-order chi connectivity index (χ0) is 19.5. The highest BCUT2D eigenvalue weighted by molar-refractivity contribution is 6.07. The van der Waals surface area contributed by atoms with Gasteiger partial charge in [0, 0.05) is 10.9 Å². The summed E-state index contributed by atoms with van der Waals surface area (Å²) in [5, 5.41) is 10.3. The van der Waals surface area contributed by atoms with Crippen LogP contribution in [0.5, 0.6) is 5.75 Å². The van der Waals surface area contributed by atoms with Crippen LogP contribution in [0.25, 0.3) is 10.9 Å². The van der Waals surface area contributed by atoms with E-state index in [2.05, 4.69) is 15.5 Å². The Kier molecular flexibility index (Phi) is 4.72. The highest BCUT2D eigenvalue weighted by Crippen LogP contribution is 2.26. The van der Waals surface area contributed by atoms with Crippen molar-refractivity contribution in [2.45, 2.75) is 6.61 Å². The van der Waals surface area contributed by atoms with Crippen molar-refractivity contribution in [3.63, 3.8) is 0 Å². The number of amides is 1. The van der Waals surface area contributed by atoms with Crippen LogP contribution in [0.4, 0.5) is 14.6 Å². The first-order chi connectivity index (χ1) is 13.6. The second-order valence-corrected chi connectivity index (χ2v) is 6.09. The van der Waals surface area contributed by atoms with Crippen molar-refractivity contribution in [3.8, 4) is 5.75 Å². The van der Waals surface area contributed by atoms with E-state index in [0.29, 0.717) is 28.0 Å². The molecule has 0 aliphatic rings. The van der Waals surface area contributed by atoms with E-state index in [1.54, 1.807) is 42.5 Å². The number of aromatic nitrogens is 2. The molecular formula is C21H15F2N3O2. The lowest BCUT2D eigenvalue weighted by atomic mass is 10.2. The third-order valence-corrected chi connectivity index (χ3v) is 4.25. The molecule has 3 aromatic carbocycles. The van der Waals surface area contributed by atoms with Gasteiger partial charge in [-0.3, -0.25) is 9.89 Å². The number of aromatic amines is 1. The van der Waals surface area contributed by atoms with Crippen LogP contribution in [-0.4, -0.2) is 16.1 Å². The number of rotatable bonds is 5. The van der Waals surface area contributed by atoms with Gasteiger partial charge in [0.05, 0.1) is 11.1 Å². The first-order valence-corrected chi connectivity index (χ1v) is 8.52. The first kappa shape index (κ1) is 17.7. The molecule has 0 saturated carbocycles. The molecule has 4 aromatic rings. The SMILES string of the molecule is O=C(Nc1n[nH]c2ccc(OCc3c(F)cccc3F)cc12)c1ccccc1. The number of anilines is 1. The van der Waals surface area contributed by atoms with E-state index < -0.39 is 11.6 Å². The van der Waals surface area contributed by atoms with E-state index in [0.717, 1.165) is 0 Å². The van der Waals surface area contributed by atoms with Crippen LogP contribution in [0, 0.1) is 11.6 Å². The van der Waals surface area contributed by atoms with Gasteiger partial charge in [-0.1, -0.05) is 24.3 Å². The number of nitrogens with one attached hydrogen (secondary N) is 2. The zero-order valence-electron chi connectivity index (χ0n) is 14.6. The Morgan fingerprint density at radius 2 is 1.75 bits per heavy atom. The molecule has 7 heteroatoms. The van der Waals surface area contributed by atoms with Crippen molar-refractivity contribution >= 4 is 22.6 Å². The summed E-state index contributed by atoms with van der Waals surface area (Å²) in [7, 11) is 0. The minimum atomic E-state index is -0.666. The Labute approximate surface area is 159 Å². The lowest BCUT2D eigenvalue weighted by molar-refractivity contribution is 0.102. The van der Waals surface area contributed by atoms with E-state index in [-0.39, 0.29) is 18.1 Å². The normalized spacial score (nSPS) is 10.8. The molecule has 5 nitrogen and oxygen atoms in total. The van der Waals surface area contributed by atoms with Gasteiger partial charge in [-0.15, -0.1) is 0 Å². The minimum Gasteiger partial charge on any atom is -0.489 e. The Morgan fingerprint density at radius 1 is 1.00 bits per heavy atom. The Balaban J connectivity index is 1.55. The van der Waals surface area contributed by atoms with Gasteiger partial charge in [0.1, 0.15) is 24.0 Å². The van der Waals surface area contributed by atoms with Gasteiger partial charge in [-0.05, 0) is 42.5 Å². The van der Waals surface area contributed by atoms with E-state index in [9.17, 15) is 13.6 Å². The smallest absolute Gasteiger partial charge is 0.256 e. The fraction of sp³-hybridized carbons (Fsp3) is 0.0476. The topological polar surface area (TPSA) is 67.0 Å². The predicted octanol–water partition coefficient (Wildman–Crippen LogP) is 4.67. The number of H-pyrrole nitrogens is 1. The van der Waals surface area contributed by atoms with Crippen molar-refractivity contribution in [1.29, 1.82) is 0 Å². The Bertz CT molecular complexity index is 1120. The summed E-state index contributed by atoms with van der Waals surface area (Å²) in [6.45, 7) is -0.256. The lowest BCUT2D eigenvalue weighted by Crippen LogP contribution is -2.12. The third-order valence-electron chi connectivity index (χ3n) is 4.25. The predicted molar refractivity (Wildman–Crippen MR) is 101 cm³/mol. The number of carbonyl (C=O) groups excluding carboxylic acids is 1. The van der Waals surface area contributed by atoms with Gasteiger partial charge in [0.15, 0.2) is 5.82 Å². The number of benzene rings is 3. The molecule has 0 saturated heterocycles. The molecule has 1 aromatic heterocycles. The maximum Gasteiger partial charge on any atom is 0.256 e. The highest BCUT2D eigenvalue weighted by atomic mass is 19.1. The molecule has 0 fully saturated rings. The molecule has 1 heterocycles. The van der Waals surface area contributed by atoms with Crippen molar-refractivity contribution in [3.05, 3.63) is 89.5 Å². The standard InChI is InChI=1S/C21H15F2N3O2/c22-17-7-4-8-18(23)16(17)12-28-14-9-10-19-15(11-14)20(26-25-19)24-21(27)13-5-2-1-3-6-13/h1-11H,12H2,(H2,24,25,26,27). The zero-order valence-corrected chi connectivity index (χ0v) is 14.6. The van der Waals surface area contributed by atoms with E-state index in [1.165, 1.54) is 18.2 Å². The first-order valence-electron chi connectivity index (χ1n) is 8.52. The average molecular weight is 379 g/mol. The number of hydrogen-bond acceptors (Lipinski definition) is 3. The van der Waals surface area contributed by atoms with E-state index >= 15 is 0 Å². The summed E-state index contributed by atoms with van der Waals surface area (Å²) >= 11 is 0. The van der Waals surface area contributed by atoms with Gasteiger partial charge in [0.2, 0.25) is 0 Å². The molecule has 0 spiro atoms. The van der Waals surface area contributed by atoms with Gasteiger partial charge >= 0.3 is 0 Å². The lowest BCUT2D eigenvalue weighted by Gasteiger charge is -2.08. The third kappa shape index (κ3) is 3.55. The highest BCUT2D eigenvalue weighted by Gasteiger charge is 2.13. The molecule has 0 aliphatic carbocycles. The number of nitrogens with zero attached hydrogens (tertiary/aromatic N) is 1. The van der Waals surface area contributed by atoms with Crippen LogP contribution in [0.15, 0.2) is 66.7 Å². The number of carbonyl (C=O) groups is 1.